The van der Waals surface area contributed by atoms with Gasteiger partial charge in [0.1, 0.15) is 0 Å². The topological polar surface area (TPSA) is 74.8 Å². The van der Waals surface area contributed by atoms with Gasteiger partial charge in [0.15, 0.2) is 0 Å². The molecule has 0 bridgehead atoms. The number of nitrogens with zero attached hydrogens (tertiary/aromatic N) is 2. The zero-order valence-electron chi connectivity index (χ0n) is 10.5. The summed E-state index contributed by atoms with van der Waals surface area (Å²) in [6.45, 7) is 1.23. The summed E-state index contributed by atoms with van der Waals surface area (Å²) >= 11 is 0. The maximum absolute atomic E-state index is 12.1. The number of hydrogen-bond donors (Lipinski definition) is 0. The maximum atomic E-state index is 12.1. The molecule has 0 N–H and O–H groups in total. The fraction of sp³-hybridized carbons (Fsp3) is 0.214. The van der Waals surface area contributed by atoms with E-state index in [0.29, 0.717) is 11.1 Å². The molecule has 2 aliphatic rings. The molecule has 3 rings (SSSR count). The fourth-order valence-electron chi connectivity index (χ4n) is 2.37. The minimum atomic E-state index is -0.402. The van der Waals surface area contributed by atoms with Crippen LogP contribution in [0.3, 0.4) is 0 Å². The van der Waals surface area contributed by atoms with Gasteiger partial charge in [-0.15, -0.1) is 0 Å². The molecule has 1 aromatic carbocycles. The summed E-state index contributed by atoms with van der Waals surface area (Å²) in [6.07, 6.45) is 0.356. The molecule has 1 aromatic rings. The molecular formula is C14H11N2O4. The second-order valence-electron chi connectivity index (χ2n) is 4.61. The van der Waals surface area contributed by atoms with Crippen molar-refractivity contribution in [3.8, 4) is 0 Å². The molecule has 6 heteroatoms. The van der Waals surface area contributed by atoms with Gasteiger partial charge in [-0.1, -0.05) is 12.1 Å². The Labute approximate surface area is 115 Å². The third-order valence-corrected chi connectivity index (χ3v) is 3.42. The second kappa shape index (κ2) is 4.56. The van der Waals surface area contributed by atoms with Gasteiger partial charge in [0.05, 0.1) is 24.2 Å². The van der Waals surface area contributed by atoms with E-state index in [-0.39, 0.29) is 31.2 Å². The van der Waals surface area contributed by atoms with Crippen molar-refractivity contribution >= 4 is 23.6 Å². The molecule has 1 fully saturated rings. The van der Waals surface area contributed by atoms with E-state index in [4.69, 9.17) is 0 Å². The number of carbonyl (C=O) groups is 4. The lowest BCUT2D eigenvalue weighted by Crippen LogP contribution is -2.37. The van der Waals surface area contributed by atoms with E-state index in [2.05, 4.69) is 0 Å². The Bertz CT molecular complexity index is 587. The summed E-state index contributed by atoms with van der Waals surface area (Å²) in [7, 11) is 0. The number of amides is 4. The lowest BCUT2D eigenvalue weighted by Gasteiger charge is -2.18. The van der Waals surface area contributed by atoms with Gasteiger partial charge in [-0.05, 0) is 12.1 Å². The highest BCUT2D eigenvalue weighted by molar-refractivity contribution is 6.21. The zero-order chi connectivity index (χ0) is 14.3. The van der Waals surface area contributed by atoms with Gasteiger partial charge in [-0.25, -0.2) is 0 Å². The Morgan fingerprint density at radius 3 is 1.90 bits per heavy atom. The highest BCUT2D eigenvalue weighted by Gasteiger charge is 2.37. The van der Waals surface area contributed by atoms with Crippen LogP contribution in [0.5, 0.6) is 0 Å². The van der Waals surface area contributed by atoms with E-state index in [0.717, 1.165) is 9.80 Å². The highest BCUT2D eigenvalue weighted by Crippen LogP contribution is 2.23. The average molecular weight is 271 g/mol. The molecule has 0 unspecified atom stereocenters. The first-order chi connectivity index (χ1) is 9.59. The van der Waals surface area contributed by atoms with Crippen LogP contribution in [-0.2, 0) is 9.59 Å². The monoisotopic (exact) mass is 271 g/mol. The Balaban J connectivity index is 1.74. The molecule has 1 radical (unpaired) electrons. The Morgan fingerprint density at radius 2 is 1.40 bits per heavy atom. The van der Waals surface area contributed by atoms with Gasteiger partial charge < -0.3 is 0 Å². The van der Waals surface area contributed by atoms with Crippen molar-refractivity contribution < 1.29 is 19.2 Å². The van der Waals surface area contributed by atoms with E-state index in [9.17, 15) is 19.2 Å². The first-order valence-electron chi connectivity index (χ1n) is 6.23. The van der Waals surface area contributed by atoms with Crippen molar-refractivity contribution in [2.24, 2.45) is 0 Å². The van der Waals surface area contributed by atoms with Gasteiger partial charge in [-0.2, -0.15) is 0 Å². The number of carbonyl (C=O) groups excluding carboxylic acids is 4. The summed E-state index contributed by atoms with van der Waals surface area (Å²) in [6, 6.07) is 6.54. The van der Waals surface area contributed by atoms with Crippen molar-refractivity contribution in [1.29, 1.82) is 0 Å². The van der Waals surface area contributed by atoms with Crippen molar-refractivity contribution in [1.82, 2.24) is 9.80 Å². The second-order valence-corrected chi connectivity index (χ2v) is 4.61. The zero-order valence-corrected chi connectivity index (χ0v) is 10.5. The van der Waals surface area contributed by atoms with Crippen molar-refractivity contribution in [2.45, 2.75) is 12.8 Å². The summed E-state index contributed by atoms with van der Waals surface area (Å²) < 4.78 is 0. The number of rotatable bonds is 3. The minimum absolute atomic E-state index is 0.0795. The molecule has 1 saturated heterocycles. The first kappa shape index (κ1) is 12.5. The fourth-order valence-corrected chi connectivity index (χ4v) is 2.37. The standard InChI is InChI=1S/C14H11N2O4/c17-11-5-6-12(18)15(11)7-8-16-13(19)9-3-1-2-4-10(9)14(16)20/h1-4,7H,5-6,8H2. The molecule has 0 spiro atoms. The molecule has 101 valence electrons. The number of benzene rings is 1. The van der Waals surface area contributed by atoms with Crippen LogP contribution in [0.2, 0.25) is 0 Å². The summed E-state index contributed by atoms with van der Waals surface area (Å²) in [5.41, 5.74) is 0.704. The van der Waals surface area contributed by atoms with Crippen molar-refractivity contribution in [2.75, 3.05) is 6.54 Å². The summed E-state index contributed by atoms with van der Waals surface area (Å²) in [5, 5.41) is 0. The smallest absolute Gasteiger partial charge is 0.261 e. The van der Waals surface area contributed by atoms with Crippen LogP contribution in [0, 0.1) is 6.54 Å². The quantitative estimate of drug-likeness (QED) is 0.754. The number of imide groups is 2. The lowest BCUT2D eigenvalue weighted by molar-refractivity contribution is -0.136. The Morgan fingerprint density at radius 1 is 0.900 bits per heavy atom. The van der Waals surface area contributed by atoms with E-state index in [1.54, 1.807) is 24.3 Å². The third-order valence-electron chi connectivity index (χ3n) is 3.42. The van der Waals surface area contributed by atoms with Gasteiger partial charge >= 0.3 is 0 Å². The highest BCUT2D eigenvalue weighted by atomic mass is 16.2. The van der Waals surface area contributed by atoms with Gasteiger partial charge in [0.2, 0.25) is 11.8 Å². The first-order valence-corrected chi connectivity index (χ1v) is 6.23. The number of fused-ring (bicyclic) bond motifs is 1. The minimum Gasteiger partial charge on any atom is -0.275 e. The van der Waals surface area contributed by atoms with Crippen molar-refractivity contribution in [3.63, 3.8) is 0 Å². The molecule has 20 heavy (non-hydrogen) atoms. The molecule has 4 amide bonds. The van der Waals surface area contributed by atoms with Crippen LogP contribution in [0.4, 0.5) is 0 Å². The van der Waals surface area contributed by atoms with Crippen LogP contribution in [0.15, 0.2) is 24.3 Å². The van der Waals surface area contributed by atoms with Crippen LogP contribution >= 0.6 is 0 Å². The lowest BCUT2D eigenvalue weighted by atomic mass is 10.1. The largest absolute Gasteiger partial charge is 0.275 e. The Hall–Kier alpha value is -2.50. The van der Waals surface area contributed by atoms with E-state index in [1.807, 2.05) is 0 Å². The molecule has 6 nitrogen and oxygen atoms in total. The normalized spacial score (nSPS) is 18.2. The Kier molecular flexibility index (Phi) is 2.85. The van der Waals surface area contributed by atoms with Gasteiger partial charge in [0, 0.05) is 12.8 Å². The molecule has 0 saturated carbocycles. The molecule has 2 heterocycles. The van der Waals surface area contributed by atoms with Crippen molar-refractivity contribution in [3.05, 3.63) is 41.9 Å². The van der Waals surface area contributed by atoms with Crippen LogP contribution < -0.4 is 0 Å². The maximum Gasteiger partial charge on any atom is 0.261 e. The molecule has 2 aliphatic heterocycles. The molecular weight excluding hydrogens is 260 g/mol. The SMILES string of the molecule is O=C1CCC(=O)N1[CH]CN1C(=O)c2ccccc2C1=O. The summed E-state index contributed by atoms with van der Waals surface area (Å²) in [4.78, 5) is 49.1. The third kappa shape index (κ3) is 1.80. The van der Waals surface area contributed by atoms with Gasteiger partial charge in [-0.3, -0.25) is 29.0 Å². The van der Waals surface area contributed by atoms with Gasteiger partial charge in [0.25, 0.3) is 11.8 Å². The number of likely N-dealkylation sites (tertiary alicyclic amines) is 1. The summed E-state index contributed by atoms with van der Waals surface area (Å²) in [5.74, 6) is -1.40. The van der Waals surface area contributed by atoms with Crippen LogP contribution in [0.1, 0.15) is 33.6 Å². The molecule has 0 aliphatic carbocycles. The van der Waals surface area contributed by atoms with Crippen LogP contribution in [0.25, 0.3) is 0 Å². The van der Waals surface area contributed by atoms with E-state index >= 15 is 0 Å². The molecule has 0 atom stereocenters. The average Bonchev–Trinajstić information content (AvgIpc) is 2.89. The van der Waals surface area contributed by atoms with Crippen LogP contribution in [-0.4, -0.2) is 40.0 Å². The van der Waals surface area contributed by atoms with E-state index < -0.39 is 11.8 Å². The predicted molar refractivity (Wildman–Crippen MR) is 67.2 cm³/mol. The van der Waals surface area contributed by atoms with E-state index in [1.165, 1.54) is 6.54 Å². The molecule has 0 aromatic heterocycles. The number of hydrogen-bond acceptors (Lipinski definition) is 4. The predicted octanol–water partition coefficient (Wildman–Crippen LogP) is 0.593.